The number of pyridine rings is 1. The normalized spacial score (nSPS) is 15.6. The number of hydrogen-bond donors (Lipinski definition) is 0. The summed E-state index contributed by atoms with van der Waals surface area (Å²) in [6.45, 7) is 10.5. The van der Waals surface area contributed by atoms with Crippen LogP contribution < -0.4 is 4.74 Å². The first kappa shape index (κ1) is 28.7. The van der Waals surface area contributed by atoms with E-state index in [2.05, 4.69) is 60.1 Å². The van der Waals surface area contributed by atoms with E-state index in [9.17, 15) is 4.79 Å². The Hall–Kier alpha value is -3.30. The first-order valence-corrected chi connectivity index (χ1v) is 17.4. The van der Waals surface area contributed by atoms with Gasteiger partial charge in [-0.15, -0.1) is 5.10 Å². The zero-order valence-electron chi connectivity index (χ0n) is 23.8. The average molecular weight is 549 g/mol. The first-order chi connectivity index (χ1) is 18.8. The fourth-order valence-electron chi connectivity index (χ4n) is 4.49. The Morgan fingerprint density at radius 2 is 1.82 bits per heavy atom. The predicted molar refractivity (Wildman–Crippen MR) is 156 cm³/mol. The molecular weight excluding hydrogens is 508 g/mol. The minimum Gasteiger partial charge on any atom is -0.469 e. The average Bonchev–Trinajstić information content (AvgIpc) is 3.34. The van der Waals surface area contributed by atoms with E-state index in [-0.39, 0.29) is 5.97 Å². The van der Waals surface area contributed by atoms with E-state index in [1.165, 1.54) is 12.7 Å². The van der Waals surface area contributed by atoms with Crippen molar-refractivity contribution < 1.29 is 19.0 Å². The maximum atomic E-state index is 11.6. The van der Waals surface area contributed by atoms with E-state index in [0.29, 0.717) is 44.1 Å². The molecule has 0 fully saturated rings. The first-order valence-electron chi connectivity index (χ1n) is 13.7. The van der Waals surface area contributed by atoms with Crippen LogP contribution in [0.25, 0.3) is 28.1 Å². The molecule has 208 valence electrons. The molecule has 39 heavy (non-hydrogen) atoms. The van der Waals surface area contributed by atoms with Gasteiger partial charge >= 0.3 is 12.0 Å². The van der Waals surface area contributed by atoms with Crippen LogP contribution in [0, 0.1) is 5.92 Å². The summed E-state index contributed by atoms with van der Waals surface area (Å²) in [4.78, 5) is 20.9. The number of rotatable bonds is 12. The lowest BCUT2D eigenvalue weighted by Crippen LogP contribution is -2.22. The van der Waals surface area contributed by atoms with Crippen molar-refractivity contribution in [1.29, 1.82) is 0 Å². The highest BCUT2D eigenvalue weighted by Crippen LogP contribution is 2.32. The maximum absolute atomic E-state index is 11.6. The van der Waals surface area contributed by atoms with Crippen molar-refractivity contribution in [3.63, 3.8) is 0 Å². The molecule has 0 N–H and O–H groups in total. The summed E-state index contributed by atoms with van der Waals surface area (Å²) in [6.07, 6.45) is 7.41. The maximum Gasteiger partial charge on any atom is 0.317 e. The fraction of sp³-hybridized carbons (Fsp3) is 0.467. The molecule has 0 aliphatic heterocycles. The van der Waals surface area contributed by atoms with Gasteiger partial charge in [0.1, 0.15) is 6.73 Å². The van der Waals surface area contributed by atoms with Crippen LogP contribution in [-0.4, -0.2) is 54.1 Å². The van der Waals surface area contributed by atoms with Gasteiger partial charge in [0, 0.05) is 38.4 Å². The number of ether oxygens (including phenoxy) is 3. The third-order valence-corrected chi connectivity index (χ3v) is 8.60. The van der Waals surface area contributed by atoms with Gasteiger partial charge in [-0.3, -0.25) is 9.78 Å². The number of nitrogens with zero attached hydrogens (tertiary/aromatic N) is 4. The minimum absolute atomic E-state index is 0.133. The molecule has 1 aromatic carbocycles. The zero-order chi connectivity index (χ0) is 27.8. The molecule has 9 heteroatoms. The van der Waals surface area contributed by atoms with Crippen LogP contribution in [0.1, 0.15) is 38.3 Å². The van der Waals surface area contributed by atoms with Crippen LogP contribution in [0.15, 0.2) is 48.7 Å². The van der Waals surface area contributed by atoms with Gasteiger partial charge in [0.05, 0.1) is 19.4 Å². The predicted octanol–water partition coefficient (Wildman–Crippen LogP) is 6.46. The molecule has 0 radical (unpaired) electrons. The SMILES string of the molecule is CCOc1nc(-c2ccc(-c3ccc(C4=CCC(CC(=O)OC)CC4)nc3)cc2)nn1COCC[Si](C)(C)C. The smallest absolute Gasteiger partial charge is 0.317 e. The molecule has 1 unspecified atom stereocenters. The Bertz CT molecular complexity index is 1260. The molecule has 0 bridgehead atoms. The summed E-state index contributed by atoms with van der Waals surface area (Å²) in [5.74, 6) is 0.833. The van der Waals surface area contributed by atoms with Gasteiger partial charge in [-0.2, -0.15) is 9.67 Å². The molecule has 1 aliphatic carbocycles. The number of carbonyl (C=O) groups is 1. The molecular formula is C30H40N4O4Si. The summed E-state index contributed by atoms with van der Waals surface area (Å²) >= 11 is 0. The number of carbonyl (C=O) groups excluding carboxylic acids is 1. The topological polar surface area (TPSA) is 88.4 Å². The number of methoxy groups -OCH3 is 1. The van der Waals surface area contributed by atoms with Crippen molar-refractivity contribution in [2.24, 2.45) is 5.92 Å². The minimum atomic E-state index is -1.15. The van der Waals surface area contributed by atoms with E-state index >= 15 is 0 Å². The van der Waals surface area contributed by atoms with E-state index < -0.39 is 8.07 Å². The fourth-order valence-corrected chi connectivity index (χ4v) is 5.25. The van der Waals surface area contributed by atoms with E-state index in [1.54, 1.807) is 4.68 Å². The second-order valence-electron chi connectivity index (χ2n) is 11.2. The van der Waals surface area contributed by atoms with Gasteiger partial charge < -0.3 is 14.2 Å². The monoisotopic (exact) mass is 548 g/mol. The van der Waals surface area contributed by atoms with E-state index in [4.69, 9.17) is 19.2 Å². The third-order valence-electron chi connectivity index (χ3n) is 6.89. The third kappa shape index (κ3) is 8.09. The number of hydrogen-bond acceptors (Lipinski definition) is 7. The number of aromatic nitrogens is 4. The summed E-state index contributed by atoms with van der Waals surface area (Å²) in [5.41, 5.74) is 5.28. The molecule has 8 nitrogen and oxygen atoms in total. The highest BCUT2D eigenvalue weighted by atomic mass is 28.3. The second kappa shape index (κ2) is 13.2. The van der Waals surface area contributed by atoms with E-state index in [1.807, 2.05) is 25.3 Å². The Balaban J connectivity index is 1.40. The van der Waals surface area contributed by atoms with Gasteiger partial charge in [-0.25, -0.2) is 0 Å². The molecule has 0 spiro atoms. The standard InChI is InChI=1S/C30H40N4O4Si/c1-6-38-30-32-29(33-34(30)21-37-17-18-39(3,4)5)25-13-11-23(12-14-25)26-15-16-27(31-20-26)24-9-7-22(8-10-24)19-28(35)36-2/h9,11-16,20,22H,6-8,10,17-19,21H2,1-5H3. The largest absolute Gasteiger partial charge is 0.469 e. The van der Waals surface area contributed by atoms with Gasteiger partial charge in [0.2, 0.25) is 0 Å². The van der Waals surface area contributed by atoms with Crippen LogP contribution in [0.3, 0.4) is 0 Å². The second-order valence-corrected chi connectivity index (χ2v) is 16.8. The van der Waals surface area contributed by atoms with Crippen molar-refractivity contribution >= 4 is 19.6 Å². The van der Waals surface area contributed by atoms with E-state index in [0.717, 1.165) is 47.7 Å². The van der Waals surface area contributed by atoms with Crippen LogP contribution in [0.4, 0.5) is 0 Å². The van der Waals surface area contributed by atoms with Crippen molar-refractivity contribution in [1.82, 2.24) is 19.7 Å². The van der Waals surface area contributed by atoms with Crippen molar-refractivity contribution in [3.05, 3.63) is 54.4 Å². The lowest BCUT2D eigenvalue weighted by atomic mass is 9.86. The Morgan fingerprint density at radius 3 is 2.44 bits per heavy atom. The summed E-state index contributed by atoms with van der Waals surface area (Å²) < 4.78 is 18.1. The van der Waals surface area contributed by atoms with Crippen LogP contribution in [0.5, 0.6) is 6.01 Å². The molecule has 0 saturated carbocycles. The van der Waals surface area contributed by atoms with Gasteiger partial charge in [-0.05, 0) is 55.4 Å². The highest BCUT2D eigenvalue weighted by molar-refractivity contribution is 6.76. The number of esters is 1. The molecule has 0 amide bonds. The van der Waals surface area contributed by atoms with Crippen molar-refractivity contribution in [2.45, 2.75) is 65.0 Å². The lowest BCUT2D eigenvalue weighted by molar-refractivity contribution is -0.141. The number of benzene rings is 1. The van der Waals surface area contributed by atoms with Crippen LogP contribution in [-0.2, 0) is 21.0 Å². The van der Waals surface area contributed by atoms with Crippen LogP contribution >= 0.6 is 0 Å². The summed E-state index contributed by atoms with van der Waals surface area (Å²) in [7, 11) is 0.297. The quantitative estimate of drug-likeness (QED) is 0.146. The van der Waals surface area contributed by atoms with Crippen molar-refractivity contribution in [2.75, 3.05) is 20.3 Å². The molecule has 1 aliphatic rings. The Kier molecular flexibility index (Phi) is 9.69. The Morgan fingerprint density at radius 1 is 1.08 bits per heavy atom. The summed E-state index contributed by atoms with van der Waals surface area (Å²) in [5, 5.41) is 4.65. The molecule has 1 atom stereocenters. The number of allylic oxidation sites excluding steroid dienone is 2. The molecule has 2 heterocycles. The summed E-state index contributed by atoms with van der Waals surface area (Å²) in [6, 6.07) is 13.9. The Labute approximate surface area is 232 Å². The highest BCUT2D eigenvalue weighted by Gasteiger charge is 2.19. The molecule has 4 rings (SSSR count). The van der Waals surface area contributed by atoms with Crippen molar-refractivity contribution in [3.8, 4) is 28.5 Å². The zero-order valence-corrected chi connectivity index (χ0v) is 24.8. The van der Waals surface area contributed by atoms with Gasteiger partial charge in [0.15, 0.2) is 5.82 Å². The van der Waals surface area contributed by atoms with Crippen LogP contribution in [0.2, 0.25) is 25.7 Å². The molecule has 2 aromatic heterocycles. The van der Waals surface area contributed by atoms with Gasteiger partial charge in [-0.1, -0.05) is 56.0 Å². The lowest BCUT2D eigenvalue weighted by Gasteiger charge is -2.20. The molecule has 3 aromatic rings. The van der Waals surface area contributed by atoms with Gasteiger partial charge in [0.25, 0.3) is 0 Å². The molecule has 0 saturated heterocycles.